The quantitative estimate of drug-likeness (QED) is 0.498. The Morgan fingerprint density at radius 2 is 1.84 bits per heavy atom. The van der Waals surface area contributed by atoms with Crippen LogP contribution in [-0.4, -0.2) is 43.1 Å². The predicted octanol–water partition coefficient (Wildman–Crippen LogP) is 4.47. The molecule has 0 N–H and O–H groups in total. The van der Waals surface area contributed by atoms with E-state index in [-0.39, 0.29) is 11.8 Å². The summed E-state index contributed by atoms with van der Waals surface area (Å²) in [6.45, 7) is 7.63. The summed E-state index contributed by atoms with van der Waals surface area (Å²) in [4.78, 5) is 15.5. The van der Waals surface area contributed by atoms with Gasteiger partial charge in [0, 0.05) is 42.3 Å². The zero-order chi connectivity index (χ0) is 21.5. The Balaban J connectivity index is 1.42. The van der Waals surface area contributed by atoms with Crippen molar-refractivity contribution in [3.05, 3.63) is 83.1 Å². The molecule has 1 aliphatic rings. The number of amides is 1. The molecule has 4 heterocycles. The minimum Gasteiger partial charge on any atom is -0.338 e. The summed E-state index contributed by atoms with van der Waals surface area (Å²) in [5.41, 5.74) is 6.00. The molecule has 1 aliphatic heterocycles. The summed E-state index contributed by atoms with van der Waals surface area (Å²) < 4.78 is 4.21. The number of rotatable bonds is 3. The topological polar surface area (TPSA) is 55.4 Å². The minimum absolute atomic E-state index is 0.102. The minimum atomic E-state index is 0.102. The van der Waals surface area contributed by atoms with Crippen molar-refractivity contribution in [1.29, 1.82) is 0 Å². The van der Waals surface area contributed by atoms with Crippen LogP contribution in [0.5, 0.6) is 0 Å². The number of likely N-dealkylation sites (tertiary alicyclic amines) is 1. The molecule has 6 heteroatoms. The molecule has 1 atom stereocenters. The number of fused-ring (bicyclic) bond motifs is 1. The lowest BCUT2D eigenvalue weighted by molar-refractivity contribution is 0.0703. The molecule has 6 nitrogen and oxygen atoms in total. The lowest BCUT2D eigenvalue weighted by Crippen LogP contribution is -2.39. The van der Waals surface area contributed by atoms with Crippen molar-refractivity contribution in [3.8, 4) is 5.69 Å². The van der Waals surface area contributed by atoms with Crippen LogP contribution in [0.25, 0.3) is 11.3 Å². The highest BCUT2D eigenvalue weighted by molar-refractivity contribution is 5.96. The van der Waals surface area contributed by atoms with E-state index in [1.54, 1.807) is 0 Å². The third-order valence-corrected chi connectivity index (χ3v) is 6.37. The van der Waals surface area contributed by atoms with E-state index in [1.165, 1.54) is 5.56 Å². The van der Waals surface area contributed by atoms with Crippen LogP contribution >= 0.6 is 0 Å². The number of aryl methyl sites for hydroxylation is 2. The third-order valence-electron chi connectivity index (χ3n) is 6.37. The lowest BCUT2D eigenvalue weighted by atomic mass is 9.96. The Kier molecular flexibility index (Phi) is 4.85. The van der Waals surface area contributed by atoms with Crippen molar-refractivity contribution >= 4 is 11.6 Å². The van der Waals surface area contributed by atoms with Crippen LogP contribution in [0.2, 0.25) is 0 Å². The number of piperidine rings is 1. The zero-order valence-electron chi connectivity index (χ0n) is 18.2. The number of pyridine rings is 1. The summed E-state index contributed by atoms with van der Waals surface area (Å²) in [6, 6.07) is 16.4. The van der Waals surface area contributed by atoms with Crippen molar-refractivity contribution in [2.24, 2.45) is 0 Å². The normalized spacial score (nSPS) is 16.7. The van der Waals surface area contributed by atoms with Crippen molar-refractivity contribution in [2.75, 3.05) is 13.1 Å². The zero-order valence-corrected chi connectivity index (χ0v) is 18.2. The molecule has 3 aromatic heterocycles. The number of hydrogen-bond acceptors (Lipinski definition) is 3. The molecule has 158 valence electrons. The van der Waals surface area contributed by atoms with Crippen LogP contribution in [-0.2, 0) is 0 Å². The fourth-order valence-electron chi connectivity index (χ4n) is 4.75. The first-order valence-electron chi connectivity index (χ1n) is 10.9. The second-order valence-corrected chi connectivity index (χ2v) is 8.53. The highest BCUT2D eigenvalue weighted by Gasteiger charge is 2.30. The molecule has 5 rings (SSSR count). The summed E-state index contributed by atoms with van der Waals surface area (Å²) in [5.74, 6) is 1.24. The maximum absolute atomic E-state index is 13.5. The number of carbonyl (C=O) groups excluding carboxylic acids is 1. The van der Waals surface area contributed by atoms with Crippen LogP contribution in [0.15, 0.2) is 54.7 Å². The molecule has 0 saturated carbocycles. The molecular formula is C25H27N5O. The van der Waals surface area contributed by atoms with Gasteiger partial charge in [0.2, 0.25) is 0 Å². The van der Waals surface area contributed by atoms with Crippen molar-refractivity contribution < 1.29 is 4.79 Å². The number of nitrogens with zero attached hydrogens (tertiary/aromatic N) is 5. The standard InChI is InChI=1S/C25H27N5O/c1-17-9-11-21(12-10-17)30-18(2)15-22(19(30)3)25(31)28-13-6-7-20(16-28)24-27-26-23-8-4-5-14-29(23)24/h4-5,8-12,14-15,20H,6-7,13,16H2,1-3H3/t20-/m0/s1. The average molecular weight is 414 g/mol. The van der Waals surface area contributed by atoms with Gasteiger partial charge in [-0.25, -0.2) is 0 Å². The van der Waals surface area contributed by atoms with Gasteiger partial charge in [-0.2, -0.15) is 0 Å². The van der Waals surface area contributed by atoms with Gasteiger partial charge in [0.05, 0.1) is 5.56 Å². The van der Waals surface area contributed by atoms with Gasteiger partial charge in [0.1, 0.15) is 5.82 Å². The van der Waals surface area contributed by atoms with Crippen LogP contribution in [0.4, 0.5) is 0 Å². The summed E-state index contributed by atoms with van der Waals surface area (Å²) >= 11 is 0. The van der Waals surface area contributed by atoms with Gasteiger partial charge >= 0.3 is 0 Å². The molecule has 0 aliphatic carbocycles. The molecule has 0 unspecified atom stereocenters. The Morgan fingerprint density at radius 3 is 2.65 bits per heavy atom. The fourth-order valence-corrected chi connectivity index (χ4v) is 4.75. The first kappa shape index (κ1) is 19.5. The van der Waals surface area contributed by atoms with Crippen LogP contribution in [0.3, 0.4) is 0 Å². The number of aromatic nitrogens is 4. The molecule has 1 saturated heterocycles. The average Bonchev–Trinajstić information content (AvgIpc) is 3.35. The Labute approximate surface area is 182 Å². The van der Waals surface area contributed by atoms with E-state index >= 15 is 0 Å². The van der Waals surface area contributed by atoms with Crippen LogP contribution in [0, 0.1) is 20.8 Å². The van der Waals surface area contributed by atoms with Gasteiger partial charge in [-0.05, 0) is 63.9 Å². The second-order valence-electron chi connectivity index (χ2n) is 8.53. The first-order chi connectivity index (χ1) is 15.0. The SMILES string of the molecule is Cc1ccc(-n2c(C)cc(C(=O)N3CCC[C@H](c4nnc5ccccn45)C3)c2C)cc1. The largest absolute Gasteiger partial charge is 0.338 e. The molecule has 0 spiro atoms. The molecule has 0 radical (unpaired) electrons. The van der Waals surface area contributed by atoms with Gasteiger partial charge in [-0.15, -0.1) is 10.2 Å². The smallest absolute Gasteiger partial charge is 0.255 e. The number of hydrogen-bond donors (Lipinski definition) is 0. The maximum Gasteiger partial charge on any atom is 0.255 e. The van der Waals surface area contributed by atoms with Crippen LogP contribution < -0.4 is 0 Å². The maximum atomic E-state index is 13.5. The van der Waals surface area contributed by atoms with Gasteiger partial charge < -0.3 is 9.47 Å². The van der Waals surface area contributed by atoms with E-state index in [2.05, 4.69) is 52.9 Å². The van der Waals surface area contributed by atoms with E-state index in [0.29, 0.717) is 6.54 Å². The first-order valence-corrected chi connectivity index (χ1v) is 10.9. The Bertz CT molecular complexity index is 1250. The highest BCUT2D eigenvalue weighted by Crippen LogP contribution is 2.29. The van der Waals surface area contributed by atoms with E-state index < -0.39 is 0 Å². The van der Waals surface area contributed by atoms with Crippen LogP contribution in [0.1, 0.15) is 51.9 Å². The number of benzene rings is 1. The van der Waals surface area contributed by atoms with Gasteiger partial charge in [-0.3, -0.25) is 9.20 Å². The molecule has 4 aromatic rings. The number of carbonyl (C=O) groups is 1. The van der Waals surface area contributed by atoms with Crippen molar-refractivity contribution in [3.63, 3.8) is 0 Å². The summed E-state index contributed by atoms with van der Waals surface area (Å²) in [6.07, 6.45) is 3.98. The van der Waals surface area contributed by atoms with E-state index in [9.17, 15) is 4.79 Å². The molecule has 0 bridgehead atoms. The van der Waals surface area contributed by atoms with Gasteiger partial charge in [0.25, 0.3) is 5.91 Å². The molecule has 31 heavy (non-hydrogen) atoms. The second kappa shape index (κ2) is 7.69. The molecule has 1 fully saturated rings. The van der Waals surface area contributed by atoms with E-state index in [1.807, 2.05) is 46.7 Å². The van der Waals surface area contributed by atoms with E-state index in [4.69, 9.17) is 0 Å². The monoisotopic (exact) mass is 413 g/mol. The Morgan fingerprint density at radius 1 is 1.03 bits per heavy atom. The molecule has 1 aromatic carbocycles. The summed E-state index contributed by atoms with van der Waals surface area (Å²) in [5, 5.41) is 8.74. The van der Waals surface area contributed by atoms with Gasteiger partial charge in [0.15, 0.2) is 5.65 Å². The fraction of sp³-hybridized carbons (Fsp3) is 0.320. The lowest BCUT2D eigenvalue weighted by Gasteiger charge is -2.32. The molecule has 1 amide bonds. The van der Waals surface area contributed by atoms with E-state index in [0.717, 1.165) is 53.5 Å². The van der Waals surface area contributed by atoms with Gasteiger partial charge in [-0.1, -0.05) is 23.8 Å². The third kappa shape index (κ3) is 3.42. The molecular weight excluding hydrogens is 386 g/mol. The Hall–Kier alpha value is -3.41. The summed E-state index contributed by atoms with van der Waals surface area (Å²) in [7, 11) is 0. The van der Waals surface area contributed by atoms with Crippen molar-refractivity contribution in [2.45, 2.75) is 39.5 Å². The van der Waals surface area contributed by atoms with Crippen molar-refractivity contribution in [1.82, 2.24) is 24.1 Å². The highest BCUT2D eigenvalue weighted by atomic mass is 16.2. The predicted molar refractivity (Wildman–Crippen MR) is 121 cm³/mol.